The van der Waals surface area contributed by atoms with Gasteiger partial charge in [-0.1, -0.05) is 44.2 Å². The molecule has 1 unspecified atom stereocenters. The SMILES string of the molecule is C=C/C=C(/C)C(=C(C)C)c1cc2nc(n1)NS(=O)(=O)c1cccc(c1)C(=O)N1C[C@@H](CCC1CC(C)C)O2. The van der Waals surface area contributed by atoms with Crippen LogP contribution in [0.4, 0.5) is 5.95 Å². The molecular weight excluding hydrogens is 500 g/mol. The third-order valence-electron chi connectivity index (χ3n) is 6.79. The molecule has 2 aromatic rings. The van der Waals surface area contributed by atoms with Crippen molar-refractivity contribution in [2.75, 3.05) is 11.3 Å². The Hall–Kier alpha value is -3.46. The fraction of sp³-hybridized carbons (Fsp3) is 0.414. The van der Waals surface area contributed by atoms with Crippen LogP contribution in [0.2, 0.25) is 0 Å². The number of sulfonamides is 1. The highest BCUT2D eigenvalue weighted by Crippen LogP contribution is 2.32. The number of benzene rings is 1. The maximum atomic E-state index is 13.7. The van der Waals surface area contributed by atoms with E-state index in [1.165, 1.54) is 12.1 Å². The molecule has 1 fully saturated rings. The van der Waals surface area contributed by atoms with Crippen molar-refractivity contribution >= 4 is 27.5 Å². The first-order valence-electron chi connectivity index (χ1n) is 13.0. The van der Waals surface area contributed by atoms with E-state index >= 15 is 0 Å². The Kier molecular flexibility index (Phi) is 8.06. The first-order valence-corrected chi connectivity index (χ1v) is 14.4. The molecule has 1 aromatic heterocycles. The Labute approximate surface area is 225 Å². The van der Waals surface area contributed by atoms with Crippen LogP contribution >= 0.6 is 0 Å². The molecule has 4 rings (SSSR count). The zero-order valence-corrected chi connectivity index (χ0v) is 23.5. The zero-order chi connectivity index (χ0) is 27.6. The molecule has 3 heterocycles. The van der Waals surface area contributed by atoms with Crippen LogP contribution in [0.15, 0.2) is 65.1 Å². The monoisotopic (exact) mass is 536 g/mol. The number of carbonyl (C=O) groups excluding carboxylic acids is 1. The van der Waals surface area contributed by atoms with Crippen molar-refractivity contribution in [3.8, 4) is 5.88 Å². The van der Waals surface area contributed by atoms with Gasteiger partial charge in [0.1, 0.15) is 6.10 Å². The molecule has 2 aliphatic rings. The van der Waals surface area contributed by atoms with Gasteiger partial charge in [0.15, 0.2) is 0 Å². The normalized spacial score (nSPS) is 20.8. The standard InChI is InChI=1S/C29H36N4O4S/c1-7-9-20(6)27(19(4)5)25-16-26-31-29(30-25)32-38(35,36)24-11-8-10-21(15-24)28(34)33-17-23(37-26)13-12-22(33)14-18(2)3/h7-11,15-16,18,22-23H,1,12-14,17H2,2-6H3,(H,30,31,32)/b20-9-/t22?,23-/m1/s1. The second kappa shape index (κ2) is 11.1. The number of fused-ring (bicyclic) bond motifs is 6. The van der Waals surface area contributed by atoms with Crippen LogP contribution in [0.1, 0.15) is 69.9 Å². The maximum Gasteiger partial charge on any atom is 0.264 e. The minimum Gasteiger partial charge on any atom is -0.472 e. The highest BCUT2D eigenvalue weighted by atomic mass is 32.2. The molecule has 1 N–H and O–H groups in total. The average molecular weight is 537 g/mol. The van der Waals surface area contributed by atoms with Crippen molar-refractivity contribution < 1.29 is 17.9 Å². The molecule has 202 valence electrons. The molecule has 38 heavy (non-hydrogen) atoms. The van der Waals surface area contributed by atoms with Gasteiger partial charge in [-0.3, -0.25) is 4.79 Å². The number of hydrogen-bond donors (Lipinski definition) is 1. The first kappa shape index (κ1) is 27.6. The van der Waals surface area contributed by atoms with Crippen molar-refractivity contribution in [1.29, 1.82) is 0 Å². The molecule has 8 nitrogen and oxygen atoms in total. The summed E-state index contributed by atoms with van der Waals surface area (Å²) in [4.78, 5) is 24.5. The second-order valence-corrected chi connectivity index (χ2v) is 12.2. The van der Waals surface area contributed by atoms with Crippen molar-refractivity contribution in [2.24, 2.45) is 5.92 Å². The second-order valence-electron chi connectivity index (χ2n) is 10.6. The lowest BCUT2D eigenvalue weighted by atomic mass is 9.92. The van der Waals surface area contributed by atoms with Crippen LogP contribution in [-0.4, -0.2) is 47.9 Å². The Bertz CT molecular complexity index is 1410. The third kappa shape index (κ3) is 5.99. The summed E-state index contributed by atoms with van der Waals surface area (Å²) in [6, 6.07) is 7.90. The summed E-state index contributed by atoms with van der Waals surface area (Å²) < 4.78 is 35.6. The van der Waals surface area contributed by atoms with Gasteiger partial charge in [0.2, 0.25) is 11.8 Å². The number of anilines is 1. The molecule has 0 radical (unpaired) electrons. The van der Waals surface area contributed by atoms with Crippen LogP contribution in [0.5, 0.6) is 5.88 Å². The van der Waals surface area contributed by atoms with E-state index in [1.54, 1.807) is 24.3 Å². The molecule has 2 atom stereocenters. The Morgan fingerprint density at radius 2 is 1.97 bits per heavy atom. The van der Waals surface area contributed by atoms with Gasteiger partial charge >= 0.3 is 0 Å². The Morgan fingerprint density at radius 1 is 1.21 bits per heavy atom. The summed E-state index contributed by atoms with van der Waals surface area (Å²) in [5.74, 6) is 0.371. The highest BCUT2D eigenvalue weighted by molar-refractivity contribution is 7.92. The molecule has 0 spiro atoms. The third-order valence-corrected chi connectivity index (χ3v) is 8.12. The Morgan fingerprint density at radius 3 is 2.66 bits per heavy atom. The predicted molar refractivity (Wildman–Crippen MR) is 149 cm³/mol. The number of nitrogens with zero attached hydrogens (tertiary/aromatic N) is 3. The number of hydrogen-bond acceptors (Lipinski definition) is 6. The summed E-state index contributed by atoms with van der Waals surface area (Å²) in [6.07, 6.45) is 5.69. The average Bonchev–Trinajstić information content (AvgIpc) is 2.83. The van der Waals surface area contributed by atoms with Crippen molar-refractivity contribution in [3.63, 3.8) is 0 Å². The largest absolute Gasteiger partial charge is 0.472 e. The van der Waals surface area contributed by atoms with Gasteiger partial charge in [-0.15, -0.1) is 0 Å². The number of rotatable bonds is 5. The van der Waals surface area contributed by atoms with Crippen molar-refractivity contribution in [3.05, 3.63) is 71.5 Å². The number of allylic oxidation sites excluding steroid dienone is 5. The number of carbonyl (C=O) groups is 1. The molecule has 1 aromatic carbocycles. The summed E-state index contributed by atoms with van der Waals surface area (Å²) in [5.41, 5.74) is 3.63. The molecule has 9 heteroatoms. The minimum absolute atomic E-state index is 0.0294. The van der Waals surface area contributed by atoms with E-state index in [0.717, 1.165) is 36.0 Å². The summed E-state index contributed by atoms with van der Waals surface area (Å²) in [7, 11) is -4.08. The lowest BCUT2D eigenvalue weighted by Gasteiger charge is -2.40. The topological polar surface area (TPSA) is 101 Å². The van der Waals surface area contributed by atoms with E-state index in [2.05, 4.69) is 35.1 Å². The van der Waals surface area contributed by atoms with Gasteiger partial charge in [-0.25, -0.2) is 18.1 Å². The van der Waals surface area contributed by atoms with Crippen molar-refractivity contribution in [1.82, 2.24) is 14.9 Å². The quantitative estimate of drug-likeness (QED) is 0.498. The lowest BCUT2D eigenvalue weighted by molar-refractivity contribution is 0.0296. The van der Waals surface area contributed by atoms with Gasteiger partial charge in [0, 0.05) is 23.2 Å². The van der Waals surface area contributed by atoms with E-state index in [1.807, 2.05) is 31.7 Å². The predicted octanol–water partition coefficient (Wildman–Crippen LogP) is 5.61. The maximum absolute atomic E-state index is 13.7. The molecule has 0 saturated carbocycles. The smallest absolute Gasteiger partial charge is 0.264 e. The fourth-order valence-electron chi connectivity index (χ4n) is 5.21. The zero-order valence-electron chi connectivity index (χ0n) is 22.7. The van der Waals surface area contributed by atoms with Crippen LogP contribution in [-0.2, 0) is 10.0 Å². The van der Waals surface area contributed by atoms with Crippen LogP contribution in [0, 0.1) is 5.92 Å². The van der Waals surface area contributed by atoms with Crippen LogP contribution in [0.25, 0.3) is 5.57 Å². The van der Waals surface area contributed by atoms with Crippen molar-refractivity contribution in [2.45, 2.75) is 70.9 Å². The molecule has 1 saturated heterocycles. The van der Waals surface area contributed by atoms with Gasteiger partial charge in [0.25, 0.3) is 15.9 Å². The van der Waals surface area contributed by atoms with E-state index in [4.69, 9.17) is 4.74 Å². The summed E-state index contributed by atoms with van der Waals surface area (Å²) >= 11 is 0. The summed E-state index contributed by atoms with van der Waals surface area (Å²) in [6.45, 7) is 14.3. The number of ether oxygens (including phenoxy) is 1. The van der Waals surface area contributed by atoms with E-state index in [0.29, 0.717) is 23.7 Å². The van der Waals surface area contributed by atoms with Crippen LogP contribution < -0.4 is 9.46 Å². The van der Waals surface area contributed by atoms with E-state index < -0.39 is 10.0 Å². The number of aromatic nitrogens is 2. The molecular formula is C29H36N4O4S. The minimum atomic E-state index is -4.08. The highest BCUT2D eigenvalue weighted by Gasteiger charge is 2.34. The number of nitrogens with one attached hydrogen (secondary N) is 1. The van der Waals surface area contributed by atoms with E-state index in [-0.39, 0.29) is 34.8 Å². The van der Waals surface area contributed by atoms with Gasteiger partial charge in [-0.2, -0.15) is 4.98 Å². The van der Waals surface area contributed by atoms with Gasteiger partial charge in [0.05, 0.1) is 17.1 Å². The molecule has 0 aliphatic carbocycles. The van der Waals surface area contributed by atoms with Gasteiger partial charge < -0.3 is 9.64 Å². The van der Waals surface area contributed by atoms with E-state index in [9.17, 15) is 13.2 Å². The lowest BCUT2D eigenvalue weighted by Crippen LogP contribution is -2.50. The fourth-order valence-corrected chi connectivity index (χ4v) is 6.20. The Balaban J connectivity index is 1.88. The molecule has 6 bridgehead atoms. The number of amides is 1. The van der Waals surface area contributed by atoms with Crippen LogP contribution in [0.3, 0.4) is 0 Å². The molecule has 2 aliphatic heterocycles. The van der Waals surface area contributed by atoms with Gasteiger partial charge in [-0.05, 0) is 69.7 Å². The first-order chi connectivity index (χ1) is 18.0. The summed E-state index contributed by atoms with van der Waals surface area (Å²) in [5, 5.41) is 0. The number of piperidine rings is 1. The molecule has 1 amide bonds.